The lowest BCUT2D eigenvalue weighted by atomic mass is 9.98. The van der Waals surface area contributed by atoms with Gasteiger partial charge in [-0.2, -0.15) is 0 Å². The maximum atomic E-state index is 13.2. The Labute approximate surface area is 506 Å². The van der Waals surface area contributed by atoms with Crippen LogP contribution in [0, 0.1) is 0 Å². The van der Waals surface area contributed by atoms with Gasteiger partial charge in [0.2, 0.25) is 0 Å². The number of carbonyl (C=O) groups excluding carboxylic acids is 3. The molecule has 1 saturated heterocycles. The fourth-order valence-corrected chi connectivity index (χ4v) is 10.2. The van der Waals surface area contributed by atoms with Gasteiger partial charge in [-0.1, -0.05) is 273 Å². The Bertz CT molecular complexity index is 1720. The molecule has 0 bridgehead atoms. The van der Waals surface area contributed by atoms with Crippen LogP contribution in [0.15, 0.2) is 72.9 Å². The second kappa shape index (κ2) is 58.5. The second-order valence-corrected chi connectivity index (χ2v) is 23.1. The molecule has 0 saturated carbocycles. The summed E-state index contributed by atoms with van der Waals surface area (Å²) < 4.78 is 28.6. The molecule has 6 unspecified atom stereocenters. The van der Waals surface area contributed by atoms with Crippen molar-refractivity contribution in [3.63, 3.8) is 0 Å². The van der Waals surface area contributed by atoms with E-state index >= 15 is 0 Å². The van der Waals surface area contributed by atoms with Crippen molar-refractivity contribution in [2.75, 3.05) is 13.2 Å². The number of hydrogen-bond donors (Lipinski definition) is 3. The van der Waals surface area contributed by atoms with Crippen LogP contribution >= 0.6 is 0 Å². The van der Waals surface area contributed by atoms with E-state index in [1.165, 1.54) is 96.3 Å². The Morgan fingerprint density at radius 2 is 0.759 bits per heavy atom. The highest BCUT2D eigenvalue weighted by atomic mass is 16.7. The van der Waals surface area contributed by atoms with Crippen molar-refractivity contribution in [3.05, 3.63) is 72.9 Å². The molecule has 1 aliphatic heterocycles. The maximum Gasteiger partial charge on any atom is 0.335 e. The quantitative estimate of drug-likeness (QED) is 0.0228. The Hall–Kier alpha value is -3.84. The van der Waals surface area contributed by atoms with Gasteiger partial charge in [-0.3, -0.25) is 14.4 Å². The number of esters is 3. The molecule has 1 fully saturated rings. The minimum atomic E-state index is -1.91. The fourth-order valence-electron chi connectivity index (χ4n) is 10.2. The molecule has 0 aromatic rings. The van der Waals surface area contributed by atoms with Crippen molar-refractivity contribution < 1.29 is 58.2 Å². The molecule has 12 nitrogen and oxygen atoms in total. The molecular weight excluding hydrogens is 1040 g/mol. The molecule has 478 valence electrons. The molecule has 83 heavy (non-hydrogen) atoms. The van der Waals surface area contributed by atoms with E-state index < -0.39 is 67.3 Å². The van der Waals surface area contributed by atoms with Crippen molar-refractivity contribution in [2.24, 2.45) is 0 Å². The fraction of sp³-hybridized carbons (Fsp3) is 0.775. The lowest BCUT2D eigenvalue weighted by Crippen LogP contribution is -2.61. The molecule has 0 aliphatic carbocycles. The van der Waals surface area contributed by atoms with Gasteiger partial charge in [0.15, 0.2) is 24.6 Å². The van der Waals surface area contributed by atoms with Gasteiger partial charge >= 0.3 is 23.9 Å². The topological polar surface area (TPSA) is 175 Å². The summed E-state index contributed by atoms with van der Waals surface area (Å²) in [4.78, 5) is 51.4. The monoisotopic (exact) mass is 1170 g/mol. The van der Waals surface area contributed by atoms with Crippen LogP contribution in [0.2, 0.25) is 0 Å². The van der Waals surface area contributed by atoms with Gasteiger partial charge in [-0.15, -0.1) is 0 Å². The molecule has 0 aromatic heterocycles. The van der Waals surface area contributed by atoms with Crippen LogP contribution in [-0.2, 0) is 42.9 Å². The molecular formula is C71H122O12. The molecule has 1 rings (SSSR count). The van der Waals surface area contributed by atoms with Crippen LogP contribution in [0.25, 0.3) is 0 Å². The Morgan fingerprint density at radius 1 is 0.410 bits per heavy atom. The van der Waals surface area contributed by atoms with Crippen molar-refractivity contribution in [1.82, 2.24) is 0 Å². The number of aliphatic carboxylic acids is 1. The summed E-state index contributed by atoms with van der Waals surface area (Å²) >= 11 is 0. The predicted octanol–water partition coefficient (Wildman–Crippen LogP) is 18.5. The number of aliphatic hydroxyl groups is 2. The van der Waals surface area contributed by atoms with Gasteiger partial charge in [0.25, 0.3) is 0 Å². The molecule has 0 radical (unpaired) electrons. The van der Waals surface area contributed by atoms with Crippen LogP contribution < -0.4 is 0 Å². The first-order valence-electron chi connectivity index (χ1n) is 33.9. The Kier molecular flexibility index (Phi) is 54.4. The first-order valence-corrected chi connectivity index (χ1v) is 33.9. The van der Waals surface area contributed by atoms with Gasteiger partial charge in [0.05, 0.1) is 6.61 Å². The highest BCUT2D eigenvalue weighted by molar-refractivity contribution is 5.74. The van der Waals surface area contributed by atoms with E-state index in [0.717, 1.165) is 148 Å². The zero-order valence-corrected chi connectivity index (χ0v) is 52.9. The first-order chi connectivity index (χ1) is 40.6. The summed E-state index contributed by atoms with van der Waals surface area (Å²) in [6.07, 6.45) is 62.8. The standard InChI is InChI=1S/C71H122O12/c1-4-7-10-13-16-19-22-25-28-31-32-35-38-41-44-47-50-53-56-59-65(74)82-69-67(76)66(75)68(70(77)78)83-71(69)80-61-62(81-64(73)58-55-52-49-46-43-40-37-34-30-27-24-21-18-15-12-9-6-3)60-79-63(72)57-54-51-48-45-42-39-36-33-29-26-23-20-17-14-11-8-5-2/h8-9,11-12,17-18,20-21,26-27,29-30,62,66-69,71,75-76H,4-7,10,13-16,19,22-25,28,31-61H2,1-3H3,(H,77,78)/b11-8-,12-9-,20-17-,21-18-,29-26-,30-27-. The van der Waals surface area contributed by atoms with Crippen LogP contribution in [0.4, 0.5) is 0 Å². The van der Waals surface area contributed by atoms with Crippen LogP contribution in [0.1, 0.15) is 303 Å². The molecule has 6 atom stereocenters. The lowest BCUT2D eigenvalue weighted by Gasteiger charge is -2.40. The molecule has 12 heteroatoms. The highest BCUT2D eigenvalue weighted by Gasteiger charge is 2.50. The third-order valence-corrected chi connectivity index (χ3v) is 15.3. The summed E-state index contributed by atoms with van der Waals surface area (Å²) in [5.74, 6) is -3.12. The molecule has 1 heterocycles. The third kappa shape index (κ3) is 48.0. The number of rotatable bonds is 58. The SMILES string of the molecule is CC/C=C\C/C=C\C/C=C\CCCCCCCCCC(=O)OCC(COC1OC(C(=O)O)C(O)C(O)C1OC(=O)CCCCCCCCCCCCCCCCCCCCC)OC(=O)CCCCCCCCC/C=C\C/C=C\C/C=C\CC. The van der Waals surface area contributed by atoms with E-state index in [4.69, 9.17) is 23.7 Å². The number of carbonyl (C=O) groups is 4. The molecule has 0 amide bonds. The Balaban J connectivity index is 2.64. The van der Waals surface area contributed by atoms with Crippen LogP contribution in [-0.4, -0.2) is 89.2 Å². The van der Waals surface area contributed by atoms with Crippen molar-refractivity contribution in [1.29, 1.82) is 0 Å². The molecule has 0 aromatic carbocycles. The van der Waals surface area contributed by atoms with Gasteiger partial charge < -0.3 is 39.0 Å². The average molecular weight is 1170 g/mol. The van der Waals surface area contributed by atoms with Crippen LogP contribution in [0.5, 0.6) is 0 Å². The molecule has 3 N–H and O–H groups in total. The van der Waals surface area contributed by atoms with Crippen molar-refractivity contribution >= 4 is 23.9 Å². The zero-order valence-electron chi connectivity index (χ0n) is 52.9. The zero-order chi connectivity index (χ0) is 60.3. The van der Waals surface area contributed by atoms with Crippen LogP contribution in [0.3, 0.4) is 0 Å². The molecule has 1 aliphatic rings. The number of allylic oxidation sites excluding steroid dienone is 12. The van der Waals surface area contributed by atoms with Crippen molar-refractivity contribution in [2.45, 2.75) is 340 Å². The number of carboxylic acid groups (broad SMARTS) is 1. The van der Waals surface area contributed by atoms with Gasteiger partial charge in [0.1, 0.15) is 18.8 Å². The summed E-state index contributed by atoms with van der Waals surface area (Å²) in [6, 6.07) is 0. The second-order valence-electron chi connectivity index (χ2n) is 23.1. The minimum Gasteiger partial charge on any atom is -0.479 e. The summed E-state index contributed by atoms with van der Waals surface area (Å²) in [5.41, 5.74) is 0. The molecule has 0 spiro atoms. The number of hydrogen-bond acceptors (Lipinski definition) is 11. The third-order valence-electron chi connectivity index (χ3n) is 15.3. The number of ether oxygens (including phenoxy) is 5. The summed E-state index contributed by atoms with van der Waals surface area (Å²) in [6.45, 7) is 5.81. The number of carboxylic acids is 1. The van der Waals surface area contributed by atoms with E-state index in [9.17, 15) is 34.5 Å². The van der Waals surface area contributed by atoms with Gasteiger partial charge in [0, 0.05) is 19.3 Å². The van der Waals surface area contributed by atoms with E-state index in [1.807, 2.05) is 0 Å². The average Bonchev–Trinajstić information content (AvgIpc) is 3.58. The predicted molar refractivity (Wildman–Crippen MR) is 340 cm³/mol. The maximum absolute atomic E-state index is 13.2. The number of unbranched alkanes of at least 4 members (excludes halogenated alkanes) is 32. The van der Waals surface area contributed by atoms with E-state index in [2.05, 4.69) is 93.7 Å². The highest BCUT2D eigenvalue weighted by Crippen LogP contribution is 2.27. The normalized spacial score (nSPS) is 18.0. The van der Waals surface area contributed by atoms with E-state index in [1.54, 1.807) is 0 Å². The Morgan fingerprint density at radius 3 is 1.16 bits per heavy atom. The first kappa shape index (κ1) is 77.2. The van der Waals surface area contributed by atoms with E-state index in [0.29, 0.717) is 19.3 Å². The smallest absolute Gasteiger partial charge is 0.335 e. The summed E-state index contributed by atoms with van der Waals surface area (Å²) in [7, 11) is 0. The number of aliphatic hydroxyl groups excluding tert-OH is 2. The van der Waals surface area contributed by atoms with Crippen molar-refractivity contribution in [3.8, 4) is 0 Å². The lowest BCUT2D eigenvalue weighted by molar-refractivity contribution is -0.301. The van der Waals surface area contributed by atoms with Gasteiger partial charge in [-0.05, 0) is 83.5 Å². The van der Waals surface area contributed by atoms with Gasteiger partial charge in [-0.25, -0.2) is 4.79 Å². The summed E-state index contributed by atoms with van der Waals surface area (Å²) in [5, 5.41) is 31.7. The minimum absolute atomic E-state index is 0.0609. The largest absolute Gasteiger partial charge is 0.479 e. The van der Waals surface area contributed by atoms with E-state index in [-0.39, 0.29) is 25.9 Å².